The zero-order chi connectivity index (χ0) is 17.6. The van der Waals surface area contributed by atoms with Crippen LogP contribution >= 0.6 is 0 Å². The third kappa shape index (κ3) is 5.17. The van der Waals surface area contributed by atoms with E-state index in [0.29, 0.717) is 5.92 Å². The van der Waals surface area contributed by atoms with Crippen LogP contribution in [0.25, 0.3) is 0 Å². The molecule has 0 N–H and O–H groups in total. The van der Waals surface area contributed by atoms with Crippen LogP contribution in [0.4, 0.5) is 8.78 Å². The van der Waals surface area contributed by atoms with Gasteiger partial charge >= 0.3 is 0 Å². The quantitative estimate of drug-likeness (QED) is 0.434. The first-order valence-corrected chi connectivity index (χ1v) is 10.7. The summed E-state index contributed by atoms with van der Waals surface area (Å²) in [6, 6.07) is 0. The Kier molecular flexibility index (Phi) is 7.13. The van der Waals surface area contributed by atoms with Gasteiger partial charge in [-0.25, -0.2) is 8.78 Å². The summed E-state index contributed by atoms with van der Waals surface area (Å²) in [5, 5.41) is 0. The molecule has 2 saturated carbocycles. The van der Waals surface area contributed by atoms with Gasteiger partial charge in [-0.2, -0.15) is 0 Å². The predicted molar refractivity (Wildman–Crippen MR) is 102 cm³/mol. The molecule has 142 valence electrons. The van der Waals surface area contributed by atoms with Crippen molar-refractivity contribution in [2.75, 3.05) is 0 Å². The molecule has 2 fully saturated rings. The lowest BCUT2D eigenvalue weighted by Crippen LogP contribution is -2.25. The van der Waals surface area contributed by atoms with Crippen molar-refractivity contribution >= 4 is 0 Å². The molecular formula is C23H36F2. The second kappa shape index (κ2) is 9.33. The standard InChI is InChI=1S/C23H36F2/c1-2-3-4-17-5-7-18(8-6-17)19-9-11-20(12-10-19)21-13-15-22(16-14-21)23(24)25/h2,11,17-19,21-23H,1,3-10,12-16H2. The van der Waals surface area contributed by atoms with Crippen molar-refractivity contribution in [2.45, 2.75) is 89.9 Å². The summed E-state index contributed by atoms with van der Waals surface area (Å²) >= 11 is 0. The van der Waals surface area contributed by atoms with Crippen LogP contribution in [-0.2, 0) is 0 Å². The van der Waals surface area contributed by atoms with E-state index in [-0.39, 0.29) is 5.92 Å². The van der Waals surface area contributed by atoms with E-state index < -0.39 is 6.43 Å². The molecule has 25 heavy (non-hydrogen) atoms. The van der Waals surface area contributed by atoms with Gasteiger partial charge < -0.3 is 0 Å². The van der Waals surface area contributed by atoms with Gasteiger partial charge in [-0.1, -0.05) is 30.6 Å². The predicted octanol–water partition coefficient (Wildman–Crippen LogP) is 7.56. The van der Waals surface area contributed by atoms with Crippen molar-refractivity contribution in [3.05, 3.63) is 24.3 Å². The zero-order valence-corrected chi connectivity index (χ0v) is 15.8. The molecule has 0 aromatic carbocycles. The van der Waals surface area contributed by atoms with Crippen molar-refractivity contribution in [3.8, 4) is 0 Å². The average Bonchev–Trinajstić information content (AvgIpc) is 2.67. The number of alkyl halides is 2. The Morgan fingerprint density at radius 2 is 1.68 bits per heavy atom. The third-order valence-electron chi connectivity index (χ3n) is 7.48. The second-order valence-corrected chi connectivity index (χ2v) is 8.91. The molecule has 0 saturated heterocycles. The van der Waals surface area contributed by atoms with Crippen molar-refractivity contribution in [1.82, 2.24) is 0 Å². The fraction of sp³-hybridized carbons (Fsp3) is 0.826. The van der Waals surface area contributed by atoms with Crippen LogP contribution in [0.3, 0.4) is 0 Å². The Morgan fingerprint density at radius 1 is 0.960 bits per heavy atom. The van der Waals surface area contributed by atoms with Crippen LogP contribution in [0.15, 0.2) is 24.3 Å². The van der Waals surface area contributed by atoms with E-state index in [0.717, 1.165) is 43.4 Å². The van der Waals surface area contributed by atoms with E-state index in [1.165, 1.54) is 57.8 Å². The molecular weight excluding hydrogens is 314 g/mol. The molecule has 1 unspecified atom stereocenters. The van der Waals surface area contributed by atoms with Crippen molar-refractivity contribution in [2.24, 2.45) is 29.6 Å². The normalized spacial score (nSPS) is 36.9. The van der Waals surface area contributed by atoms with Gasteiger partial charge in [-0.3, -0.25) is 0 Å². The van der Waals surface area contributed by atoms with E-state index in [9.17, 15) is 8.78 Å². The molecule has 0 amide bonds. The van der Waals surface area contributed by atoms with E-state index >= 15 is 0 Å². The monoisotopic (exact) mass is 350 g/mol. The molecule has 0 aliphatic heterocycles. The fourth-order valence-corrected chi connectivity index (χ4v) is 5.72. The maximum atomic E-state index is 12.8. The first kappa shape index (κ1) is 19.1. The largest absolute Gasteiger partial charge is 0.241 e. The van der Waals surface area contributed by atoms with E-state index in [2.05, 4.69) is 18.7 Å². The molecule has 1 atom stereocenters. The molecule has 3 rings (SSSR count). The second-order valence-electron chi connectivity index (χ2n) is 8.91. The first-order valence-electron chi connectivity index (χ1n) is 10.7. The summed E-state index contributed by atoms with van der Waals surface area (Å²) in [7, 11) is 0. The van der Waals surface area contributed by atoms with Gasteiger partial charge in [0.1, 0.15) is 0 Å². The maximum absolute atomic E-state index is 12.8. The molecule has 0 radical (unpaired) electrons. The summed E-state index contributed by atoms with van der Waals surface area (Å²) in [4.78, 5) is 0. The first-order chi connectivity index (χ1) is 12.2. The number of allylic oxidation sites excluding steroid dienone is 3. The van der Waals surface area contributed by atoms with Crippen molar-refractivity contribution in [1.29, 1.82) is 0 Å². The van der Waals surface area contributed by atoms with Crippen molar-refractivity contribution in [3.63, 3.8) is 0 Å². The topological polar surface area (TPSA) is 0 Å². The van der Waals surface area contributed by atoms with Crippen LogP contribution < -0.4 is 0 Å². The Labute approximate surface area is 153 Å². The zero-order valence-electron chi connectivity index (χ0n) is 15.8. The number of rotatable bonds is 6. The minimum atomic E-state index is -2.10. The summed E-state index contributed by atoms with van der Waals surface area (Å²) < 4.78 is 25.6. The number of hydrogen-bond donors (Lipinski definition) is 0. The fourth-order valence-electron chi connectivity index (χ4n) is 5.72. The highest BCUT2D eigenvalue weighted by Crippen LogP contribution is 2.44. The highest BCUT2D eigenvalue weighted by Gasteiger charge is 2.32. The SMILES string of the molecule is C=CCCC1CCC(C2CC=C(C3CCC(C(F)F)CC3)CC2)CC1. The molecule has 3 aliphatic rings. The molecule has 0 spiro atoms. The molecule has 0 aromatic heterocycles. The van der Waals surface area contributed by atoms with Gasteiger partial charge in [-0.05, 0) is 94.3 Å². The van der Waals surface area contributed by atoms with E-state index in [1.807, 2.05) is 0 Å². The van der Waals surface area contributed by atoms with Crippen molar-refractivity contribution < 1.29 is 8.78 Å². The molecule has 0 heterocycles. The van der Waals surface area contributed by atoms with Crippen LogP contribution in [0.1, 0.15) is 83.5 Å². The van der Waals surface area contributed by atoms with E-state index in [1.54, 1.807) is 5.57 Å². The maximum Gasteiger partial charge on any atom is 0.241 e. The van der Waals surface area contributed by atoms with Gasteiger partial charge in [-0.15, -0.1) is 6.58 Å². The van der Waals surface area contributed by atoms with Crippen LogP contribution in [0, 0.1) is 29.6 Å². The Hall–Kier alpha value is -0.660. The lowest BCUT2D eigenvalue weighted by atomic mass is 9.68. The minimum absolute atomic E-state index is 0.329. The molecule has 0 bridgehead atoms. The molecule has 3 aliphatic carbocycles. The number of halogens is 2. The summed E-state index contributed by atoms with van der Waals surface area (Å²) in [6.45, 7) is 3.85. The lowest BCUT2D eigenvalue weighted by molar-refractivity contribution is 0.0491. The van der Waals surface area contributed by atoms with Gasteiger partial charge in [0, 0.05) is 5.92 Å². The van der Waals surface area contributed by atoms with Crippen LogP contribution in [-0.4, -0.2) is 6.43 Å². The van der Waals surface area contributed by atoms with Gasteiger partial charge in [0.2, 0.25) is 6.43 Å². The molecule has 0 aromatic rings. The summed E-state index contributed by atoms with van der Waals surface area (Å²) in [5.74, 6) is 3.05. The van der Waals surface area contributed by atoms with Crippen LogP contribution in [0.5, 0.6) is 0 Å². The number of hydrogen-bond acceptors (Lipinski definition) is 0. The Morgan fingerprint density at radius 3 is 2.24 bits per heavy atom. The third-order valence-corrected chi connectivity index (χ3v) is 7.48. The van der Waals surface area contributed by atoms with Gasteiger partial charge in [0.05, 0.1) is 0 Å². The molecule has 2 heteroatoms. The smallest absolute Gasteiger partial charge is 0.210 e. The highest BCUT2D eigenvalue weighted by molar-refractivity contribution is 5.12. The van der Waals surface area contributed by atoms with Gasteiger partial charge in [0.15, 0.2) is 0 Å². The van der Waals surface area contributed by atoms with Gasteiger partial charge in [0.25, 0.3) is 0 Å². The minimum Gasteiger partial charge on any atom is -0.210 e. The Bertz CT molecular complexity index is 437. The Balaban J connectivity index is 1.42. The summed E-state index contributed by atoms with van der Waals surface area (Å²) in [5.41, 5.74) is 1.61. The average molecular weight is 351 g/mol. The highest BCUT2D eigenvalue weighted by atomic mass is 19.3. The van der Waals surface area contributed by atoms with E-state index in [4.69, 9.17) is 0 Å². The lowest BCUT2D eigenvalue weighted by Gasteiger charge is -2.37. The molecule has 0 nitrogen and oxygen atoms in total. The van der Waals surface area contributed by atoms with Crippen LogP contribution in [0.2, 0.25) is 0 Å². The summed E-state index contributed by atoms with van der Waals surface area (Å²) in [6.07, 6.45) is 18.0.